The third kappa shape index (κ3) is 6.37. The molecule has 0 amide bonds. The van der Waals surface area contributed by atoms with Crippen LogP contribution in [0.4, 0.5) is 17.8 Å². The maximum absolute atomic E-state index is 9.16. The van der Waals surface area contributed by atoms with Crippen molar-refractivity contribution in [1.29, 1.82) is 0 Å². The van der Waals surface area contributed by atoms with Gasteiger partial charge in [-0.2, -0.15) is 15.0 Å². The lowest BCUT2D eigenvalue weighted by Crippen LogP contribution is -2.35. The fraction of sp³-hybridized carbons (Fsp3) is 0.769. The number of hydrogen-bond acceptors (Lipinski definition) is 11. The first-order valence-corrected chi connectivity index (χ1v) is 7.74. The minimum Gasteiger partial charge on any atom is -0.395 e. The van der Waals surface area contributed by atoms with Crippen molar-refractivity contribution in [3.63, 3.8) is 0 Å². The predicted molar refractivity (Wildman–Crippen MR) is 88.2 cm³/mol. The standard InChI is InChI=1S/C13H26N6O5/c20-6-1-14-11-15-12(18(2-7-21)3-8-22)17-13(16-11)19(4-9-23)5-10-24/h20-24H,1-10H2,(H,14,15,16,17). The van der Waals surface area contributed by atoms with E-state index < -0.39 is 0 Å². The molecule has 11 heteroatoms. The number of rotatable bonds is 13. The van der Waals surface area contributed by atoms with Gasteiger partial charge >= 0.3 is 0 Å². The molecule has 0 spiro atoms. The number of aromatic nitrogens is 3. The molecule has 1 aromatic rings. The summed E-state index contributed by atoms with van der Waals surface area (Å²) in [5.74, 6) is 0.694. The van der Waals surface area contributed by atoms with Gasteiger partial charge in [-0.25, -0.2) is 0 Å². The maximum Gasteiger partial charge on any atom is 0.232 e. The van der Waals surface area contributed by atoms with Gasteiger partial charge in [-0.15, -0.1) is 0 Å². The van der Waals surface area contributed by atoms with E-state index in [0.29, 0.717) is 0 Å². The van der Waals surface area contributed by atoms with Crippen LogP contribution in [-0.4, -0.2) is 106 Å². The van der Waals surface area contributed by atoms with E-state index in [9.17, 15) is 0 Å². The van der Waals surface area contributed by atoms with Crippen LogP contribution in [0.15, 0.2) is 0 Å². The topological polar surface area (TPSA) is 158 Å². The van der Waals surface area contributed by atoms with Gasteiger partial charge in [0.15, 0.2) is 0 Å². The molecule has 0 saturated heterocycles. The smallest absolute Gasteiger partial charge is 0.232 e. The number of hydrogen-bond donors (Lipinski definition) is 6. The molecule has 1 heterocycles. The van der Waals surface area contributed by atoms with E-state index >= 15 is 0 Å². The molecular formula is C13H26N6O5. The second kappa shape index (κ2) is 11.7. The molecule has 0 aliphatic heterocycles. The third-order valence-electron chi connectivity index (χ3n) is 3.05. The summed E-state index contributed by atoms with van der Waals surface area (Å²) in [6, 6.07) is 0. The first-order chi connectivity index (χ1) is 11.7. The van der Waals surface area contributed by atoms with Crippen LogP contribution < -0.4 is 15.1 Å². The van der Waals surface area contributed by atoms with Crippen LogP contribution in [0.25, 0.3) is 0 Å². The van der Waals surface area contributed by atoms with Crippen molar-refractivity contribution in [2.75, 3.05) is 80.9 Å². The van der Waals surface area contributed by atoms with E-state index in [-0.39, 0.29) is 83.6 Å². The molecule has 0 unspecified atom stereocenters. The van der Waals surface area contributed by atoms with Crippen molar-refractivity contribution in [3.8, 4) is 0 Å². The molecule has 6 N–H and O–H groups in total. The molecule has 0 aliphatic rings. The molecular weight excluding hydrogens is 320 g/mol. The normalized spacial score (nSPS) is 10.7. The number of aliphatic hydroxyl groups excluding tert-OH is 5. The summed E-state index contributed by atoms with van der Waals surface area (Å²) >= 11 is 0. The second-order valence-corrected chi connectivity index (χ2v) is 4.78. The summed E-state index contributed by atoms with van der Waals surface area (Å²) in [6.07, 6.45) is 0. The quantitative estimate of drug-likeness (QED) is 0.214. The highest BCUT2D eigenvalue weighted by molar-refractivity contribution is 5.45. The lowest BCUT2D eigenvalue weighted by Gasteiger charge is -2.25. The van der Waals surface area contributed by atoms with Crippen LogP contribution in [-0.2, 0) is 0 Å². The first kappa shape index (κ1) is 20.3. The van der Waals surface area contributed by atoms with Gasteiger partial charge in [-0.05, 0) is 0 Å². The van der Waals surface area contributed by atoms with Gasteiger partial charge in [-0.1, -0.05) is 0 Å². The zero-order valence-corrected chi connectivity index (χ0v) is 13.5. The van der Waals surface area contributed by atoms with Crippen LogP contribution in [0.5, 0.6) is 0 Å². The number of nitrogens with one attached hydrogen (secondary N) is 1. The maximum atomic E-state index is 9.16. The Labute approximate surface area is 140 Å². The largest absolute Gasteiger partial charge is 0.395 e. The number of anilines is 3. The first-order valence-electron chi connectivity index (χ1n) is 7.74. The van der Waals surface area contributed by atoms with Crippen molar-refractivity contribution >= 4 is 17.8 Å². The van der Waals surface area contributed by atoms with Crippen LogP contribution in [0, 0.1) is 0 Å². The molecule has 11 nitrogen and oxygen atoms in total. The average Bonchev–Trinajstić information content (AvgIpc) is 2.59. The van der Waals surface area contributed by atoms with E-state index in [1.807, 2.05) is 0 Å². The van der Waals surface area contributed by atoms with Gasteiger partial charge in [-0.3, -0.25) is 0 Å². The summed E-state index contributed by atoms with van der Waals surface area (Å²) in [6.45, 7) is 0.469. The minimum absolute atomic E-state index is 0.107. The Kier molecular flexibility index (Phi) is 9.88. The summed E-state index contributed by atoms with van der Waals surface area (Å²) in [7, 11) is 0. The van der Waals surface area contributed by atoms with Gasteiger partial charge in [0.05, 0.1) is 33.0 Å². The fourth-order valence-electron chi connectivity index (χ4n) is 1.99. The lowest BCUT2D eigenvalue weighted by molar-refractivity contribution is 0.279. The predicted octanol–water partition coefficient (Wildman–Crippen LogP) is -3.14. The Bertz CT molecular complexity index is 420. The van der Waals surface area contributed by atoms with Crippen LogP contribution >= 0.6 is 0 Å². The molecule has 1 rings (SSSR count). The van der Waals surface area contributed by atoms with Gasteiger partial charge in [0.1, 0.15) is 0 Å². The fourth-order valence-corrected chi connectivity index (χ4v) is 1.99. The molecule has 0 bridgehead atoms. The Morgan fingerprint density at radius 1 is 0.625 bits per heavy atom. The van der Waals surface area contributed by atoms with Gasteiger partial charge in [0.25, 0.3) is 0 Å². The summed E-state index contributed by atoms with van der Waals surface area (Å²) in [4.78, 5) is 15.9. The Balaban J connectivity index is 3.17. The second-order valence-electron chi connectivity index (χ2n) is 4.78. The molecule has 24 heavy (non-hydrogen) atoms. The Hall–Kier alpha value is -1.79. The van der Waals surface area contributed by atoms with E-state index in [2.05, 4.69) is 20.3 Å². The highest BCUT2D eigenvalue weighted by Gasteiger charge is 2.16. The van der Waals surface area contributed by atoms with Crippen LogP contribution in [0.3, 0.4) is 0 Å². The Morgan fingerprint density at radius 3 is 1.38 bits per heavy atom. The SMILES string of the molecule is OCCNc1nc(N(CCO)CCO)nc(N(CCO)CCO)n1. The lowest BCUT2D eigenvalue weighted by atomic mass is 10.5. The molecule has 1 aromatic heterocycles. The molecule has 0 aliphatic carbocycles. The molecule has 138 valence electrons. The molecule has 0 saturated carbocycles. The van der Waals surface area contributed by atoms with Crippen molar-refractivity contribution in [1.82, 2.24) is 15.0 Å². The van der Waals surface area contributed by atoms with Gasteiger partial charge in [0.2, 0.25) is 17.8 Å². The molecule has 0 aromatic carbocycles. The van der Waals surface area contributed by atoms with E-state index in [1.165, 1.54) is 0 Å². The summed E-state index contributed by atoms with van der Waals surface area (Å²) < 4.78 is 0. The Morgan fingerprint density at radius 2 is 1.04 bits per heavy atom. The summed E-state index contributed by atoms with van der Waals surface area (Å²) in [5.41, 5.74) is 0. The van der Waals surface area contributed by atoms with Crippen LogP contribution in [0.1, 0.15) is 0 Å². The third-order valence-corrected chi connectivity index (χ3v) is 3.05. The summed E-state index contributed by atoms with van der Waals surface area (Å²) in [5, 5.41) is 48.4. The zero-order valence-electron chi connectivity index (χ0n) is 13.5. The average molecular weight is 346 g/mol. The van der Waals surface area contributed by atoms with Crippen molar-refractivity contribution in [2.45, 2.75) is 0 Å². The minimum atomic E-state index is -0.141. The molecule has 0 radical (unpaired) electrons. The van der Waals surface area contributed by atoms with E-state index in [1.54, 1.807) is 9.80 Å². The van der Waals surface area contributed by atoms with Crippen LogP contribution in [0.2, 0.25) is 0 Å². The van der Waals surface area contributed by atoms with E-state index in [4.69, 9.17) is 25.5 Å². The number of nitrogens with zero attached hydrogens (tertiary/aromatic N) is 5. The van der Waals surface area contributed by atoms with Gasteiger partial charge in [0, 0.05) is 32.7 Å². The van der Waals surface area contributed by atoms with Gasteiger partial charge < -0.3 is 40.6 Å². The highest BCUT2D eigenvalue weighted by atomic mass is 16.3. The van der Waals surface area contributed by atoms with Crippen molar-refractivity contribution in [3.05, 3.63) is 0 Å². The molecule has 0 atom stereocenters. The molecule has 0 fully saturated rings. The number of aliphatic hydroxyl groups is 5. The van der Waals surface area contributed by atoms with Crippen molar-refractivity contribution in [2.24, 2.45) is 0 Å². The van der Waals surface area contributed by atoms with E-state index in [0.717, 1.165) is 0 Å². The monoisotopic (exact) mass is 346 g/mol. The zero-order chi connectivity index (χ0) is 17.8. The highest BCUT2D eigenvalue weighted by Crippen LogP contribution is 2.16. The van der Waals surface area contributed by atoms with Crippen molar-refractivity contribution < 1.29 is 25.5 Å².